The van der Waals surface area contributed by atoms with Gasteiger partial charge in [-0.1, -0.05) is 45.1 Å². The normalized spacial score (nSPS) is 40.8. The fourth-order valence-corrected chi connectivity index (χ4v) is 3.98. The van der Waals surface area contributed by atoms with Gasteiger partial charge in [-0.15, -0.1) is 0 Å². The highest BCUT2D eigenvalue weighted by atomic mass is 16.4. The molecule has 0 aromatic rings. The Labute approximate surface area is 144 Å². The number of Topliss-reactive ketones (excluding diaryl/α,β-unsaturated/α-hetero) is 2. The Morgan fingerprint density at radius 2 is 1.92 bits per heavy atom. The topological polar surface area (TPSA) is 74.6 Å². The summed E-state index contributed by atoms with van der Waals surface area (Å²) >= 11 is 0. The van der Waals surface area contributed by atoms with E-state index in [4.69, 9.17) is 0 Å². The van der Waals surface area contributed by atoms with Crippen molar-refractivity contribution in [2.24, 2.45) is 35.0 Å². The Balaban J connectivity index is 2.34. The Hall–Kier alpha value is -1.26. The number of ketones is 2. The van der Waals surface area contributed by atoms with Crippen LogP contribution in [0.15, 0.2) is 24.3 Å². The number of rotatable bonds is 4. The number of hydrogen-bond donors (Lipinski definition) is 2. The molecule has 134 valence electrons. The van der Waals surface area contributed by atoms with E-state index in [1.165, 1.54) is 6.92 Å². The minimum atomic E-state index is -1.82. The molecule has 1 fully saturated rings. The predicted molar refractivity (Wildman–Crippen MR) is 93.2 cm³/mol. The molecule has 0 unspecified atom stereocenters. The van der Waals surface area contributed by atoms with Crippen molar-refractivity contribution in [2.75, 3.05) is 0 Å². The Bertz CT molecular complexity index is 588. The van der Waals surface area contributed by atoms with Gasteiger partial charge in [0.15, 0.2) is 11.4 Å². The third kappa shape index (κ3) is 2.80. The molecule has 2 aliphatic carbocycles. The first kappa shape index (κ1) is 19.1. The van der Waals surface area contributed by atoms with Crippen LogP contribution in [0.25, 0.3) is 0 Å². The molecule has 2 rings (SSSR count). The van der Waals surface area contributed by atoms with Crippen LogP contribution in [-0.2, 0) is 9.59 Å². The van der Waals surface area contributed by atoms with E-state index in [-0.39, 0.29) is 35.2 Å². The maximum Gasteiger partial charge on any atom is 0.171 e. The van der Waals surface area contributed by atoms with E-state index in [0.717, 1.165) is 0 Å². The lowest BCUT2D eigenvalue weighted by Crippen LogP contribution is -2.64. The molecule has 0 aliphatic heterocycles. The van der Waals surface area contributed by atoms with Crippen molar-refractivity contribution in [3.8, 4) is 0 Å². The molecular formula is C20H30O4. The fourth-order valence-electron chi connectivity index (χ4n) is 3.98. The molecule has 24 heavy (non-hydrogen) atoms. The monoisotopic (exact) mass is 334 g/mol. The highest BCUT2D eigenvalue weighted by molar-refractivity contribution is 5.93. The first-order chi connectivity index (χ1) is 10.9. The van der Waals surface area contributed by atoms with Crippen LogP contribution in [0.1, 0.15) is 41.5 Å². The molecule has 1 saturated carbocycles. The second-order valence-electron chi connectivity index (χ2n) is 8.27. The SMILES string of the molecule is CC(=O)C(C)(C)/C=C/[C@H](C)[C@@]1(O)C(=O)[C@H]2[C@@H](C=C[C@@H]2C)[C@H](C)[C@@H]1O. The molecule has 2 aliphatic rings. The molecule has 0 radical (unpaired) electrons. The number of aliphatic hydroxyl groups is 2. The highest BCUT2D eigenvalue weighted by Gasteiger charge is 2.59. The Morgan fingerprint density at radius 1 is 1.33 bits per heavy atom. The first-order valence-electron chi connectivity index (χ1n) is 8.78. The third-order valence-electron chi connectivity index (χ3n) is 6.27. The standard InChI is InChI=1S/C20H30O4/c1-11-7-8-15-13(3)17(22)20(24,18(23)16(11)15)12(2)9-10-19(5,6)14(4)21/h7-13,15-17,22,24H,1-6H3/b10-9+/t11-,12-,13-,15-,16+,17-,20-/m0/s1. The van der Waals surface area contributed by atoms with Gasteiger partial charge in [-0.25, -0.2) is 0 Å². The third-order valence-corrected chi connectivity index (χ3v) is 6.27. The fraction of sp³-hybridized carbons (Fsp3) is 0.700. The lowest BCUT2D eigenvalue weighted by molar-refractivity contribution is -0.183. The minimum absolute atomic E-state index is 0.00973. The average molecular weight is 334 g/mol. The van der Waals surface area contributed by atoms with Crippen LogP contribution < -0.4 is 0 Å². The average Bonchev–Trinajstić information content (AvgIpc) is 2.90. The Morgan fingerprint density at radius 3 is 2.46 bits per heavy atom. The highest BCUT2D eigenvalue weighted by Crippen LogP contribution is 2.48. The van der Waals surface area contributed by atoms with Crippen molar-refractivity contribution < 1.29 is 19.8 Å². The summed E-state index contributed by atoms with van der Waals surface area (Å²) in [5, 5.41) is 21.9. The largest absolute Gasteiger partial charge is 0.389 e. The van der Waals surface area contributed by atoms with Crippen molar-refractivity contribution in [3.63, 3.8) is 0 Å². The van der Waals surface area contributed by atoms with Crippen LogP contribution in [0.5, 0.6) is 0 Å². The predicted octanol–water partition coefficient (Wildman–Crippen LogP) is 2.54. The summed E-state index contributed by atoms with van der Waals surface area (Å²) in [6.07, 6.45) is 6.30. The summed E-state index contributed by atoms with van der Waals surface area (Å²) in [5.41, 5.74) is -2.48. The van der Waals surface area contributed by atoms with Gasteiger partial charge in [-0.05, 0) is 38.5 Å². The number of carbonyl (C=O) groups is 2. The van der Waals surface area contributed by atoms with Crippen molar-refractivity contribution in [3.05, 3.63) is 24.3 Å². The van der Waals surface area contributed by atoms with Crippen LogP contribution in [0, 0.1) is 35.0 Å². The van der Waals surface area contributed by atoms with Gasteiger partial charge in [0.2, 0.25) is 0 Å². The molecule has 4 heteroatoms. The van der Waals surface area contributed by atoms with E-state index in [9.17, 15) is 19.8 Å². The molecule has 7 atom stereocenters. The van der Waals surface area contributed by atoms with Gasteiger partial charge in [-0.3, -0.25) is 9.59 Å². The molecular weight excluding hydrogens is 304 g/mol. The van der Waals surface area contributed by atoms with Crippen molar-refractivity contribution in [2.45, 2.75) is 53.2 Å². The van der Waals surface area contributed by atoms with Gasteiger partial charge < -0.3 is 10.2 Å². The zero-order valence-electron chi connectivity index (χ0n) is 15.5. The molecule has 0 aromatic carbocycles. The van der Waals surface area contributed by atoms with Gasteiger partial charge in [0, 0.05) is 17.3 Å². The van der Waals surface area contributed by atoms with E-state index in [1.54, 1.807) is 32.9 Å². The first-order valence-corrected chi connectivity index (χ1v) is 8.78. The maximum atomic E-state index is 13.0. The molecule has 2 N–H and O–H groups in total. The van der Waals surface area contributed by atoms with Gasteiger partial charge >= 0.3 is 0 Å². The number of fused-ring (bicyclic) bond motifs is 1. The van der Waals surface area contributed by atoms with Crippen LogP contribution >= 0.6 is 0 Å². The molecule has 0 spiro atoms. The van der Waals surface area contributed by atoms with Crippen LogP contribution in [0.4, 0.5) is 0 Å². The second-order valence-corrected chi connectivity index (χ2v) is 8.27. The quantitative estimate of drug-likeness (QED) is 0.775. The summed E-state index contributed by atoms with van der Waals surface area (Å²) in [6, 6.07) is 0. The van der Waals surface area contributed by atoms with E-state index < -0.39 is 23.0 Å². The second kappa shape index (κ2) is 6.23. The lowest BCUT2D eigenvalue weighted by Gasteiger charge is -2.48. The molecule has 0 amide bonds. The summed E-state index contributed by atoms with van der Waals surface area (Å²) in [4.78, 5) is 24.7. The van der Waals surface area contributed by atoms with Crippen LogP contribution in [0.2, 0.25) is 0 Å². The van der Waals surface area contributed by atoms with Crippen molar-refractivity contribution in [1.29, 1.82) is 0 Å². The molecule has 0 aromatic heterocycles. The van der Waals surface area contributed by atoms with E-state index in [0.29, 0.717) is 0 Å². The van der Waals surface area contributed by atoms with Gasteiger partial charge in [0.25, 0.3) is 0 Å². The number of hydrogen-bond acceptors (Lipinski definition) is 4. The molecule has 0 bridgehead atoms. The zero-order valence-corrected chi connectivity index (χ0v) is 15.5. The summed E-state index contributed by atoms with van der Waals surface area (Å²) in [5.74, 6) is -1.29. The number of allylic oxidation sites excluding steroid dienone is 3. The van der Waals surface area contributed by atoms with E-state index in [1.807, 2.05) is 26.0 Å². The number of aliphatic hydroxyl groups excluding tert-OH is 1. The summed E-state index contributed by atoms with van der Waals surface area (Å²) < 4.78 is 0. The zero-order chi connectivity index (χ0) is 18.4. The minimum Gasteiger partial charge on any atom is -0.389 e. The maximum absolute atomic E-state index is 13.0. The summed E-state index contributed by atoms with van der Waals surface area (Å²) in [6.45, 7) is 10.7. The smallest absolute Gasteiger partial charge is 0.171 e. The lowest BCUT2D eigenvalue weighted by atomic mass is 9.59. The van der Waals surface area contributed by atoms with Gasteiger partial charge in [0.05, 0.1) is 6.10 Å². The van der Waals surface area contributed by atoms with Crippen LogP contribution in [0.3, 0.4) is 0 Å². The van der Waals surface area contributed by atoms with Crippen LogP contribution in [-0.4, -0.2) is 33.5 Å². The molecule has 0 saturated heterocycles. The van der Waals surface area contributed by atoms with E-state index in [2.05, 4.69) is 0 Å². The number of carbonyl (C=O) groups excluding carboxylic acids is 2. The van der Waals surface area contributed by atoms with Gasteiger partial charge in [0.1, 0.15) is 5.78 Å². The molecule has 4 nitrogen and oxygen atoms in total. The summed E-state index contributed by atoms with van der Waals surface area (Å²) in [7, 11) is 0. The van der Waals surface area contributed by atoms with Gasteiger partial charge in [-0.2, -0.15) is 0 Å². The Kier molecular flexibility index (Phi) is 4.95. The van der Waals surface area contributed by atoms with Crippen molar-refractivity contribution >= 4 is 11.6 Å². The van der Waals surface area contributed by atoms with E-state index >= 15 is 0 Å². The molecule has 0 heterocycles. The van der Waals surface area contributed by atoms with Crippen molar-refractivity contribution in [1.82, 2.24) is 0 Å².